The number of carbonyl (C=O) groups is 2. The van der Waals surface area contributed by atoms with Crippen molar-refractivity contribution in [2.24, 2.45) is 5.92 Å². The van der Waals surface area contributed by atoms with E-state index in [2.05, 4.69) is 0 Å². The average Bonchev–Trinajstić information content (AvgIpc) is 2.64. The third-order valence-corrected chi connectivity index (χ3v) is 5.10. The molecular formula is C20H25NO4. The molecular weight excluding hydrogens is 318 g/mol. The summed E-state index contributed by atoms with van der Waals surface area (Å²) in [7, 11) is 1.64. The molecule has 1 amide bonds. The number of nitrogens with zero attached hydrogens (tertiary/aromatic N) is 1. The zero-order chi connectivity index (χ0) is 17.8. The quantitative estimate of drug-likeness (QED) is 0.771. The number of likely N-dealkylation sites (tertiary alicyclic amines) is 1. The lowest BCUT2D eigenvalue weighted by Gasteiger charge is -2.42. The minimum Gasteiger partial charge on any atom is -0.497 e. The second kappa shape index (κ2) is 7.72. The molecule has 2 aliphatic rings. The van der Waals surface area contributed by atoms with E-state index in [0.29, 0.717) is 31.1 Å². The van der Waals surface area contributed by atoms with E-state index in [-0.39, 0.29) is 17.9 Å². The van der Waals surface area contributed by atoms with Crippen molar-refractivity contribution >= 4 is 11.9 Å². The molecule has 5 heteroatoms. The molecule has 25 heavy (non-hydrogen) atoms. The Balaban J connectivity index is 1.81. The molecule has 0 N–H and O–H groups in total. The number of piperidine rings is 1. The number of amides is 1. The van der Waals surface area contributed by atoms with Gasteiger partial charge in [-0.2, -0.15) is 0 Å². The van der Waals surface area contributed by atoms with Gasteiger partial charge in [0.25, 0.3) is 0 Å². The van der Waals surface area contributed by atoms with Crippen LogP contribution in [0.4, 0.5) is 0 Å². The third-order valence-electron chi connectivity index (χ3n) is 5.10. The predicted molar refractivity (Wildman–Crippen MR) is 94.0 cm³/mol. The highest BCUT2D eigenvalue weighted by Crippen LogP contribution is 2.36. The first-order valence-electron chi connectivity index (χ1n) is 8.92. The number of ether oxygens (including phenoxy) is 2. The Morgan fingerprint density at radius 3 is 2.60 bits per heavy atom. The van der Waals surface area contributed by atoms with Crippen molar-refractivity contribution in [3.8, 4) is 5.75 Å². The van der Waals surface area contributed by atoms with Gasteiger partial charge in [0.15, 0.2) is 0 Å². The SMILES string of the molecule is CCOC(=O)C1=C[C@H]2[C@@H](CCC(=O)N2Cc2ccc(OC)cc2)CC1. The summed E-state index contributed by atoms with van der Waals surface area (Å²) in [6.07, 6.45) is 5.12. The second-order valence-electron chi connectivity index (χ2n) is 6.61. The first-order valence-corrected chi connectivity index (χ1v) is 8.92. The molecule has 0 bridgehead atoms. The van der Waals surface area contributed by atoms with Crippen molar-refractivity contribution < 1.29 is 19.1 Å². The summed E-state index contributed by atoms with van der Waals surface area (Å²) in [6, 6.07) is 7.75. The van der Waals surface area contributed by atoms with Gasteiger partial charge in [-0.25, -0.2) is 4.79 Å². The number of rotatable bonds is 5. The number of methoxy groups -OCH3 is 1. The van der Waals surface area contributed by atoms with Gasteiger partial charge >= 0.3 is 5.97 Å². The molecule has 1 heterocycles. The van der Waals surface area contributed by atoms with Gasteiger partial charge in [-0.05, 0) is 49.8 Å². The Kier molecular flexibility index (Phi) is 5.41. The molecule has 5 nitrogen and oxygen atoms in total. The lowest BCUT2D eigenvalue weighted by Crippen LogP contribution is -2.48. The smallest absolute Gasteiger partial charge is 0.333 e. The van der Waals surface area contributed by atoms with Gasteiger partial charge in [0, 0.05) is 18.5 Å². The van der Waals surface area contributed by atoms with Crippen LogP contribution in [0.2, 0.25) is 0 Å². The van der Waals surface area contributed by atoms with Crippen LogP contribution in [0, 0.1) is 5.92 Å². The summed E-state index contributed by atoms with van der Waals surface area (Å²) < 4.78 is 10.3. The summed E-state index contributed by atoms with van der Waals surface area (Å²) in [5, 5.41) is 0. The molecule has 0 aromatic heterocycles. The minimum atomic E-state index is -0.247. The molecule has 1 aliphatic heterocycles. The Morgan fingerprint density at radius 1 is 1.20 bits per heavy atom. The van der Waals surface area contributed by atoms with E-state index in [9.17, 15) is 9.59 Å². The lowest BCUT2D eigenvalue weighted by molar-refractivity contribution is -0.141. The molecule has 3 rings (SSSR count). The molecule has 1 aliphatic carbocycles. The number of benzene rings is 1. The van der Waals surface area contributed by atoms with Crippen LogP contribution in [0.15, 0.2) is 35.9 Å². The van der Waals surface area contributed by atoms with Gasteiger partial charge in [0.2, 0.25) is 5.91 Å². The third kappa shape index (κ3) is 3.86. The Hall–Kier alpha value is -2.30. The van der Waals surface area contributed by atoms with E-state index in [0.717, 1.165) is 30.6 Å². The number of hydrogen-bond donors (Lipinski definition) is 0. The number of hydrogen-bond acceptors (Lipinski definition) is 4. The molecule has 2 atom stereocenters. The summed E-state index contributed by atoms with van der Waals surface area (Å²) in [5.74, 6) is 1.13. The van der Waals surface area contributed by atoms with Crippen LogP contribution in [0.5, 0.6) is 5.75 Å². The van der Waals surface area contributed by atoms with Crippen molar-refractivity contribution in [2.75, 3.05) is 13.7 Å². The highest BCUT2D eigenvalue weighted by molar-refractivity contribution is 5.89. The largest absolute Gasteiger partial charge is 0.497 e. The Morgan fingerprint density at radius 2 is 1.92 bits per heavy atom. The van der Waals surface area contributed by atoms with Crippen LogP contribution in [-0.2, 0) is 20.9 Å². The molecule has 134 valence electrons. The standard InChI is InChI=1S/C20H25NO4/c1-3-25-20(23)16-7-6-15-8-11-19(22)21(18(15)12-16)13-14-4-9-17(24-2)10-5-14/h4-5,9-10,12,15,18H,3,6-8,11,13H2,1-2H3/t15-,18+/m1/s1. The highest BCUT2D eigenvalue weighted by Gasteiger charge is 2.37. The second-order valence-corrected chi connectivity index (χ2v) is 6.61. The van der Waals surface area contributed by atoms with Crippen molar-refractivity contribution in [1.29, 1.82) is 0 Å². The summed E-state index contributed by atoms with van der Waals surface area (Å²) in [5.41, 5.74) is 1.77. The van der Waals surface area contributed by atoms with Crippen LogP contribution in [0.3, 0.4) is 0 Å². The Labute approximate surface area is 148 Å². The van der Waals surface area contributed by atoms with Crippen molar-refractivity contribution in [3.05, 3.63) is 41.5 Å². The average molecular weight is 343 g/mol. The normalized spacial score (nSPS) is 22.9. The van der Waals surface area contributed by atoms with Gasteiger partial charge in [-0.15, -0.1) is 0 Å². The molecule has 0 saturated carbocycles. The number of carbonyl (C=O) groups excluding carboxylic acids is 2. The maximum atomic E-state index is 12.5. The maximum Gasteiger partial charge on any atom is 0.333 e. The topological polar surface area (TPSA) is 55.8 Å². The highest BCUT2D eigenvalue weighted by atomic mass is 16.5. The predicted octanol–water partition coefficient (Wildman–Crippen LogP) is 3.09. The summed E-state index contributed by atoms with van der Waals surface area (Å²) in [4.78, 5) is 26.5. The minimum absolute atomic E-state index is 0.0171. The fraction of sp³-hybridized carbons (Fsp3) is 0.500. The number of fused-ring (bicyclic) bond motifs is 1. The fourth-order valence-corrected chi connectivity index (χ4v) is 3.73. The molecule has 1 saturated heterocycles. The van der Waals surface area contributed by atoms with Gasteiger partial charge in [0.05, 0.1) is 19.8 Å². The van der Waals surface area contributed by atoms with Crippen molar-refractivity contribution in [1.82, 2.24) is 4.90 Å². The van der Waals surface area contributed by atoms with Crippen LogP contribution in [-0.4, -0.2) is 36.5 Å². The zero-order valence-electron chi connectivity index (χ0n) is 14.9. The number of esters is 1. The molecule has 1 aromatic carbocycles. The first kappa shape index (κ1) is 17.5. The van der Waals surface area contributed by atoms with E-state index in [4.69, 9.17) is 9.47 Å². The molecule has 1 fully saturated rings. The van der Waals surface area contributed by atoms with E-state index < -0.39 is 0 Å². The molecule has 1 aromatic rings. The maximum absolute atomic E-state index is 12.5. The van der Waals surface area contributed by atoms with Crippen molar-refractivity contribution in [2.45, 2.75) is 45.2 Å². The van der Waals surface area contributed by atoms with E-state index in [1.807, 2.05) is 42.2 Å². The lowest BCUT2D eigenvalue weighted by atomic mass is 9.79. The summed E-state index contributed by atoms with van der Waals surface area (Å²) in [6.45, 7) is 2.74. The van der Waals surface area contributed by atoms with Gasteiger partial charge in [-0.1, -0.05) is 18.2 Å². The van der Waals surface area contributed by atoms with E-state index >= 15 is 0 Å². The van der Waals surface area contributed by atoms with Crippen LogP contribution >= 0.6 is 0 Å². The molecule has 0 unspecified atom stereocenters. The molecule has 0 radical (unpaired) electrons. The first-order chi connectivity index (χ1) is 12.1. The van der Waals surface area contributed by atoms with E-state index in [1.54, 1.807) is 7.11 Å². The van der Waals surface area contributed by atoms with Crippen LogP contribution in [0.25, 0.3) is 0 Å². The van der Waals surface area contributed by atoms with Gasteiger partial charge in [0.1, 0.15) is 5.75 Å². The van der Waals surface area contributed by atoms with Crippen LogP contribution in [0.1, 0.15) is 38.2 Å². The fourth-order valence-electron chi connectivity index (χ4n) is 3.73. The van der Waals surface area contributed by atoms with Gasteiger partial charge in [-0.3, -0.25) is 4.79 Å². The van der Waals surface area contributed by atoms with Crippen LogP contribution < -0.4 is 4.74 Å². The molecule has 0 spiro atoms. The Bertz CT molecular complexity index is 665. The van der Waals surface area contributed by atoms with Gasteiger partial charge < -0.3 is 14.4 Å². The van der Waals surface area contributed by atoms with Crippen molar-refractivity contribution in [3.63, 3.8) is 0 Å². The zero-order valence-corrected chi connectivity index (χ0v) is 14.9. The summed E-state index contributed by atoms with van der Waals surface area (Å²) >= 11 is 0. The monoisotopic (exact) mass is 343 g/mol. The van der Waals surface area contributed by atoms with E-state index in [1.165, 1.54) is 0 Å².